The van der Waals surface area contributed by atoms with Gasteiger partial charge in [-0.25, -0.2) is 9.13 Å². The predicted octanol–water partition coefficient (Wildman–Crippen LogP) is 20.0. The van der Waals surface area contributed by atoms with Crippen LogP contribution in [0.5, 0.6) is 0 Å². The maximum atomic E-state index is 13.0. The molecule has 0 aromatic rings. The van der Waals surface area contributed by atoms with Gasteiger partial charge in [-0.2, -0.15) is 0 Å². The SMILES string of the molecule is CCCCCCCCCCCCCCCCCCCC(=O)O[C@H](COC(=O)CCCCCCCCCCCCCCCC(C)C)COP(=O)(O)OC[C@@H](O)COP(=O)(O)OC[C@@H](COC(=O)CCCCCCCCC)OC(=O)CCCCCCCCC(C)C. The van der Waals surface area contributed by atoms with Gasteiger partial charge in [0.15, 0.2) is 12.2 Å². The summed E-state index contributed by atoms with van der Waals surface area (Å²) in [7, 11) is -9.89. The molecule has 0 aliphatic heterocycles. The summed E-state index contributed by atoms with van der Waals surface area (Å²) in [6, 6.07) is 0. The molecule has 0 bridgehead atoms. The molecule has 0 aliphatic carbocycles. The summed E-state index contributed by atoms with van der Waals surface area (Å²) < 4.78 is 68.1. The highest BCUT2D eigenvalue weighted by Gasteiger charge is 2.30. The van der Waals surface area contributed by atoms with Crippen LogP contribution in [-0.4, -0.2) is 96.7 Å². The summed E-state index contributed by atoms with van der Waals surface area (Å²) in [4.78, 5) is 72.3. The molecule has 2 unspecified atom stereocenters. The van der Waals surface area contributed by atoms with Crippen LogP contribution >= 0.6 is 15.6 Å². The molecule has 0 rings (SSSR count). The van der Waals surface area contributed by atoms with Crippen molar-refractivity contribution in [3.63, 3.8) is 0 Å². The molecular formula is C70H136O17P2. The molecule has 5 atom stereocenters. The molecule has 0 fully saturated rings. The van der Waals surface area contributed by atoms with E-state index < -0.39 is 97.5 Å². The van der Waals surface area contributed by atoms with Crippen LogP contribution in [-0.2, 0) is 65.4 Å². The summed E-state index contributed by atoms with van der Waals surface area (Å²) in [5.74, 6) is -0.672. The van der Waals surface area contributed by atoms with E-state index in [0.717, 1.165) is 109 Å². The molecule has 89 heavy (non-hydrogen) atoms. The number of rotatable bonds is 69. The van der Waals surface area contributed by atoms with Crippen LogP contribution in [0, 0.1) is 11.8 Å². The highest BCUT2D eigenvalue weighted by Crippen LogP contribution is 2.45. The number of esters is 4. The fraction of sp³-hybridized carbons (Fsp3) is 0.943. The Labute approximate surface area is 543 Å². The van der Waals surface area contributed by atoms with Crippen LogP contribution in [0.15, 0.2) is 0 Å². The summed E-state index contributed by atoms with van der Waals surface area (Å²) >= 11 is 0. The number of aliphatic hydroxyl groups is 1. The Balaban J connectivity index is 5.18. The smallest absolute Gasteiger partial charge is 0.462 e. The van der Waals surface area contributed by atoms with Gasteiger partial charge < -0.3 is 33.8 Å². The molecule has 3 N–H and O–H groups in total. The van der Waals surface area contributed by atoms with E-state index in [-0.39, 0.29) is 25.7 Å². The van der Waals surface area contributed by atoms with Crippen molar-refractivity contribution >= 4 is 39.5 Å². The van der Waals surface area contributed by atoms with Crippen molar-refractivity contribution in [1.29, 1.82) is 0 Å². The van der Waals surface area contributed by atoms with Crippen LogP contribution in [0.4, 0.5) is 0 Å². The number of unbranched alkanes of at least 4 members (excludes halogenated alkanes) is 39. The first-order chi connectivity index (χ1) is 42.9. The largest absolute Gasteiger partial charge is 0.472 e. The van der Waals surface area contributed by atoms with Crippen molar-refractivity contribution in [1.82, 2.24) is 0 Å². The molecule has 0 aliphatic rings. The minimum atomic E-state index is -4.95. The van der Waals surface area contributed by atoms with E-state index in [4.69, 9.17) is 37.0 Å². The van der Waals surface area contributed by atoms with Gasteiger partial charge in [0, 0.05) is 25.7 Å². The Kier molecular flexibility index (Phi) is 60.8. The third-order valence-corrected chi connectivity index (χ3v) is 18.1. The Morgan fingerprint density at radius 1 is 0.303 bits per heavy atom. The Bertz CT molecular complexity index is 1730. The van der Waals surface area contributed by atoms with Crippen molar-refractivity contribution in [2.45, 2.75) is 374 Å². The van der Waals surface area contributed by atoms with E-state index in [1.807, 2.05) is 0 Å². The molecule has 0 radical (unpaired) electrons. The first-order valence-electron chi connectivity index (χ1n) is 36.5. The lowest BCUT2D eigenvalue weighted by Crippen LogP contribution is -2.30. The zero-order valence-corrected chi connectivity index (χ0v) is 59.5. The quantitative estimate of drug-likeness (QED) is 0.0222. The molecule has 19 heteroatoms. The average molecular weight is 1310 g/mol. The van der Waals surface area contributed by atoms with E-state index >= 15 is 0 Å². The number of carbonyl (C=O) groups excluding carboxylic acids is 4. The number of ether oxygens (including phenoxy) is 4. The Hall–Kier alpha value is -1.94. The second kappa shape index (κ2) is 62.2. The van der Waals surface area contributed by atoms with E-state index in [1.165, 1.54) is 161 Å². The van der Waals surface area contributed by atoms with Crippen LogP contribution < -0.4 is 0 Å². The minimum Gasteiger partial charge on any atom is -0.462 e. The van der Waals surface area contributed by atoms with Crippen molar-refractivity contribution < 1.29 is 80.2 Å². The first kappa shape index (κ1) is 87.1. The Morgan fingerprint density at radius 3 is 0.764 bits per heavy atom. The van der Waals surface area contributed by atoms with Gasteiger partial charge in [-0.05, 0) is 37.5 Å². The topological polar surface area (TPSA) is 237 Å². The van der Waals surface area contributed by atoms with Gasteiger partial charge in [-0.3, -0.25) is 37.3 Å². The molecule has 0 spiro atoms. The van der Waals surface area contributed by atoms with Crippen molar-refractivity contribution in [2.24, 2.45) is 11.8 Å². The van der Waals surface area contributed by atoms with Gasteiger partial charge >= 0.3 is 39.5 Å². The van der Waals surface area contributed by atoms with Gasteiger partial charge in [-0.1, -0.05) is 305 Å². The summed E-state index contributed by atoms with van der Waals surface area (Å²) in [6.07, 6.45) is 47.5. The van der Waals surface area contributed by atoms with E-state index in [1.54, 1.807) is 0 Å². The number of aliphatic hydroxyl groups excluding tert-OH is 1. The fourth-order valence-corrected chi connectivity index (χ4v) is 12.2. The fourth-order valence-electron chi connectivity index (χ4n) is 10.6. The third-order valence-electron chi connectivity index (χ3n) is 16.2. The number of phosphoric acid groups is 2. The summed E-state index contributed by atoms with van der Waals surface area (Å²) in [5.41, 5.74) is 0. The van der Waals surface area contributed by atoms with Crippen LogP contribution in [0.2, 0.25) is 0 Å². The van der Waals surface area contributed by atoms with Crippen LogP contribution in [0.25, 0.3) is 0 Å². The van der Waals surface area contributed by atoms with Gasteiger partial charge in [0.05, 0.1) is 26.4 Å². The first-order valence-corrected chi connectivity index (χ1v) is 39.5. The van der Waals surface area contributed by atoms with E-state index in [9.17, 15) is 43.2 Å². The summed E-state index contributed by atoms with van der Waals surface area (Å²) in [6.45, 7) is 9.43. The molecule has 0 saturated heterocycles. The standard InChI is InChI=1S/C70H136O17P2/c1-7-9-11-13-15-16-17-18-19-20-21-24-28-31-35-42-48-54-69(74)86-65(59-81-68(73)53-47-41-34-30-27-25-22-23-26-29-33-38-44-50-62(3)4)60-84-88(76,77)82-56-64(71)57-83-89(78,79)85-61-66(58-80-67(72)52-46-40-32-14-12-10-8-2)87-70(75)55-49-43-37-36-39-45-51-63(5)6/h62-66,71H,7-61H2,1-6H3,(H,76,77)(H,78,79)/t64-,65-,66-/m1/s1. The zero-order valence-electron chi connectivity index (χ0n) is 57.7. The molecule has 0 aromatic heterocycles. The van der Waals surface area contributed by atoms with Crippen molar-refractivity contribution in [2.75, 3.05) is 39.6 Å². The highest BCUT2D eigenvalue weighted by atomic mass is 31.2. The third kappa shape index (κ3) is 64.6. The average Bonchev–Trinajstić information content (AvgIpc) is 3.57. The molecule has 17 nitrogen and oxygen atoms in total. The molecule has 0 aromatic carbocycles. The van der Waals surface area contributed by atoms with Gasteiger partial charge in [0.1, 0.15) is 19.3 Å². The zero-order chi connectivity index (χ0) is 65.7. The predicted molar refractivity (Wildman–Crippen MR) is 358 cm³/mol. The number of hydrogen-bond donors (Lipinski definition) is 3. The molecule has 0 saturated carbocycles. The van der Waals surface area contributed by atoms with Gasteiger partial charge in [0.25, 0.3) is 0 Å². The minimum absolute atomic E-state index is 0.102. The van der Waals surface area contributed by atoms with Gasteiger partial charge in [0.2, 0.25) is 0 Å². The number of carbonyl (C=O) groups is 4. The lowest BCUT2D eigenvalue weighted by molar-refractivity contribution is -0.161. The maximum absolute atomic E-state index is 13.0. The maximum Gasteiger partial charge on any atom is 0.472 e. The highest BCUT2D eigenvalue weighted by molar-refractivity contribution is 7.47. The normalized spacial score (nSPS) is 14.1. The summed E-state index contributed by atoms with van der Waals surface area (Å²) in [5, 5.41) is 10.6. The Morgan fingerprint density at radius 2 is 0.517 bits per heavy atom. The van der Waals surface area contributed by atoms with Crippen molar-refractivity contribution in [3.8, 4) is 0 Å². The van der Waals surface area contributed by atoms with Crippen molar-refractivity contribution in [3.05, 3.63) is 0 Å². The second-order valence-electron chi connectivity index (χ2n) is 26.2. The van der Waals surface area contributed by atoms with Crippen LogP contribution in [0.3, 0.4) is 0 Å². The van der Waals surface area contributed by atoms with Gasteiger partial charge in [-0.15, -0.1) is 0 Å². The molecule has 528 valence electrons. The number of hydrogen-bond acceptors (Lipinski definition) is 15. The lowest BCUT2D eigenvalue weighted by atomic mass is 10.0. The molecule has 0 amide bonds. The van der Waals surface area contributed by atoms with Crippen LogP contribution in [0.1, 0.15) is 356 Å². The second-order valence-corrected chi connectivity index (χ2v) is 29.1. The van der Waals surface area contributed by atoms with E-state index in [0.29, 0.717) is 31.6 Å². The molecular weight excluding hydrogens is 1170 g/mol. The van der Waals surface area contributed by atoms with E-state index in [2.05, 4.69) is 41.5 Å². The molecule has 0 heterocycles. The lowest BCUT2D eigenvalue weighted by Gasteiger charge is -2.21. The monoisotopic (exact) mass is 1310 g/mol. The number of phosphoric ester groups is 2.